The van der Waals surface area contributed by atoms with Gasteiger partial charge in [0.15, 0.2) is 6.04 Å². The fourth-order valence-electron chi connectivity index (χ4n) is 3.82. The quantitative estimate of drug-likeness (QED) is 0.546. The van der Waals surface area contributed by atoms with Gasteiger partial charge in [0.25, 0.3) is 11.8 Å². The van der Waals surface area contributed by atoms with E-state index in [1.54, 1.807) is 54.6 Å². The van der Waals surface area contributed by atoms with Crippen molar-refractivity contribution in [3.05, 3.63) is 99.0 Å². The normalized spacial score (nSPS) is 16.7. The molecule has 0 aliphatic carbocycles. The molecule has 0 fully saturated rings. The molecule has 2 unspecified atom stereocenters. The lowest BCUT2D eigenvalue weighted by molar-refractivity contribution is -0.144. The molecule has 8 heteroatoms. The number of halogens is 2. The van der Waals surface area contributed by atoms with E-state index in [-0.39, 0.29) is 5.56 Å². The number of hydrogen-bond donors (Lipinski definition) is 2. The van der Waals surface area contributed by atoms with Crippen LogP contribution < -0.4 is 5.32 Å². The van der Waals surface area contributed by atoms with Gasteiger partial charge in [-0.05, 0) is 54.4 Å². The van der Waals surface area contributed by atoms with Gasteiger partial charge in [-0.1, -0.05) is 59.1 Å². The van der Waals surface area contributed by atoms with Crippen molar-refractivity contribution in [2.75, 3.05) is 5.32 Å². The maximum atomic E-state index is 13.8. The van der Waals surface area contributed by atoms with Crippen LogP contribution in [0.1, 0.15) is 39.1 Å². The molecular formula is C24H18Cl2N2O4. The summed E-state index contributed by atoms with van der Waals surface area (Å²) in [5.74, 6) is -2.38. The highest BCUT2D eigenvalue weighted by Crippen LogP contribution is 2.38. The molecule has 3 aromatic rings. The van der Waals surface area contributed by atoms with Crippen LogP contribution in [0, 0.1) is 6.92 Å². The highest BCUT2D eigenvalue weighted by molar-refractivity contribution is 6.30. The number of carboxylic acids is 1. The minimum atomic E-state index is -1.43. The van der Waals surface area contributed by atoms with Crippen molar-refractivity contribution in [1.82, 2.24) is 4.90 Å². The van der Waals surface area contributed by atoms with Crippen molar-refractivity contribution in [2.45, 2.75) is 19.0 Å². The monoisotopic (exact) mass is 468 g/mol. The van der Waals surface area contributed by atoms with E-state index >= 15 is 0 Å². The summed E-state index contributed by atoms with van der Waals surface area (Å²) in [4.78, 5) is 40.7. The first-order valence-electron chi connectivity index (χ1n) is 9.74. The smallest absolute Gasteiger partial charge is 0.331 e. The van der Waals surface area contributed by atoms with E-state index in [0.29, 0.717) is 26.9 Å². The van der Waals surface area contributed by atoms with Crippen LogP contribution in [0.15, 0.2) is 66.7 Å². The van der Waals surface area contributed by atoms with Crippen molar-refractivity contribution in [1.29, 1.82) is 0 Å². The van der Waals surface area contributed by atoms with Crippen LogP contribution in [-0.4, -0.2) is 27.8 Å². The van der Waals surface area contributed by atoms with Crippen LogP contribution in [-0.2, 0) is 9.59 Å². The fraction of sp³-hybridized carbons (Fsp3) is 0.125. The molecule has 162 valence electrons. The van der Waals surface area contributed by atoms with Gasteiger partial charge in [-0.15, -0.1) is 0 Å². The average molecular weight is 469 g/mol. The lowest BCUT2D eigenvalue weighted by Gasteiger charge is -2.34. The highest BCUT2D eigenvalue weighted by Gasteiger charge is 2.43. The summed E-state index contributed by atoms with van der Waals surface area (Å²) in [6.07, 6.45) is 0. The van der Waals surface area contributed by atoms with Crippen LogP contribution in [0.4, 0.5) is 5.69 Å². The number of aryl methyl sites for hydroxylation is 1. The van der Waals surface area contributed by atoms with E-state index in [9.17, 15) is 19.5 Å². The summed E-state index contributed by atoms with van der Waals surface area (Å²) in [6, 6.07) is 15.0. The minimum Gasteiger partial charge on any atom is -0.479 e. The molecule has 4 rings (SSSR count). The molecule has 3 aromatic carbocycles. The Hall–Kier alpha value is -3.35. The number of hydrogen-bond acceptors (Lipinski definition) is 3. The molecule has 0 bridgehead atoms. The molecule has 1 aliphatic rings. The van der Waals surface area contributed by atoms with Crippen molar-refractivity contribution >= 4 is 46.7 Å². The highest BCUT2D eigenvalue weighted by atomic mass is 35.5. The Morgan fingerprint density at radius 3 is 2.16 bits per heavy atom. The lowest BCUT2D eigenvalue weighted by atomic mass is 9.97. The van der Waals surface area contributed by atoms with Crippen molar-refractivity contribution in [2.24, 2.45) is 0 Å². The van der Waals surface area contributed by atoms with E-state index < -0.39 is 29.9 Å². The average Bonchev–Trinajstić information content (AvgIpc) is 2.85. The number of aliphatic carboxylic acids is 1. The molecule has 2 N–H and O–H groups in total. The van der Waals surface area contributed by atoms with Gasteiger partial charge in [0, 0.05) is 10.0 Å². The van der Waals surface area contributed by atoms with Gasteiger partial charge in [-0.25, -0.2) is 4.79 Å². The zero-order valence-corrected chi connectivity index (χ0v) is 18.4. The number of amides is 2. The van der Waals surface area contributed by atoms with E-state index in [4.69, 9.17) is 23.2 Å². The van der Waals surface area contributed by atoms with E-state index in [1.807, 2.05) is 6.92 Å². The zero-order valence-electron chi connectivity index (χ0n) is 16.9. The summed E-state index contributed by atoms with van der Waals surface area (Å²) in [5.41, 5.74) is 2.10. The molecule has 0 aromatic heterocycles. The third-order valence-corrected chi connectivity index (χ3v) is 5.81. The Morgan fingerprint density at radius 1 is 0.969 bits per heavy atom. The Bertz CT molecular complexity index is 1210. The van der Waals surface area contributed by atoms with Crippen LogP contribution in [0.2, 0.25) is 10.0 Å². The Balaban J connectivity index is 1.95. The van der Waals surface area contributed by atoms with Gasteiger partial charge in [0.05, 0.1) is 11.3 Å². The van der Waals surface area contributed by atoms with Crippen molar-refractivity contribution in [3.8, 4) is 0 Å². The number of anilines is 1. The maximum absolute atomic E-state index is 13.8. The number of rotatable bonds is 4. The van der Waals surface area contributed by atoms with E-state index in [0.717, 1.165) is 10.5 Å². The minimum absolute atomic E-state index is 0.218. The number of nitrogens with one attached hydrogen (secondary N) is 1. The second-order valence-electron chi connectivity index (χ2n) is 7.50. The molecule has 0 saturated heterocycles. The third kappa shape index (κ3) is 4.07. The number of carbonyl (C=O) groups is 3. The van der Waals surface area contributed by atoms with Crippen molar-refractivity contribution < 1.29 is 19.5 Å². The topological polar surface area (TPSA) is 86.7 Å². The first-order chi connectivity index (χ1) is 15.3. The summed E-state index contributed by atoms with van der Waals surface area (Å²) < 4.78 is 0. The molecule has 1 heterocycles. The van der Waals surface area contributed by atoms with E-state index in [2.05, 4.69) is 5.32 Å². The Labute approximate surface area is 194 Å². The summed E-state index contributed by atoms with van der Waals surface area (Å²) in [6.45, 7) is 1.81. The van der Waals surface area contributed by atoms with Crippen LogP contribution in [0.25, 0.3) is 0 Å². The number of nitrogens with zero attached hydrogens (tertiary/aromatic N) is 1. The molecule has 2 amide bonds. The maximum Gasteiger partial charge on any atom is 0.331 e. The van der Waals surface area contributed by atoms with Gasteiger partial charge in [0.1, 0.15) is 6.04 Å². The Morgan fingerprint density at radius 2 is 1.56 bits per heavy atom. The first kappa shape index (κ1) is 21.9. The first-order valence-corrected chi connectivity index (χ1v) is 10.5. The molecule has 0 radical (unpaired) electrons. The van der Waals surface area contributed by atoms with Gasteiger partial charge in [0.2, 0.25) is 0 Å². The van der Waals surface area contributed by atoms with Crippen LogP contribution in [0.5, 0.6) is 0 Å². The van der Waals surface area contributed by atoms with E-state index in [1.165, 1.54) is 12.1 Å². The fourth-order valence-corrected chi connectivity index (χ4v) is 4.07. The van der Waals surface area contributed by atoms with Gasteiger partial charge < -0.3 is 15.3 Å². The molecule has 0 saturated carbocycles. The second-order valence-corrected chi connectivity index (χ2v) is 8.37. The number of carbonyl (C=O) groups excluding carboxylic acids is 2. The summed E-state index contributed by atoms with van der Waals surface area (Å²) in [7, 11) is 0. The number of benzene rings is 3. The number of carboxylic acid groups (broad SMARTS) is 1. The van der Waals surface area contributed by atoms with Gasteiger partial charge in [-0.3, -0.25) is 9.59 Å². The molecular weight excluding hydrogens is 451 g/mol. The largest absolute Gasteiger partial charge is 0.479 e. The zero-order chi connectivity index (χ0) is 23.0. The molecule has 32 heavy (non-hydrogen) atoms. The predicted molar refractivity (Wildman–Crippen MR) is 122 cm³/mol. The van der Waals surface area contributed by atoms with Gasteiger partial charge >= 0.3 is 5.97 Å². The standard InChI is InChI=1S/C24H18Cl2N2O4/c1-13-2-11-19-18(12-13)23(30)28(21(24(31)32)15-5-9-17(26)10-6-15)20(22(29)27-19)14-3-7-16(25)8-4-14/h2-12,20-21H,1H3,(H,27,29)(H,31,32). The van der Waals surface area contributed by atoms with Crippen LogP contribution in [0.3, 0.4) is 0 Å². The van der Waals surface area contributed by atoms with Crippen molar-refractivity contribution in [3.63, 3.8) is 0 Å². The summed E-state index contributed by atoms with van der Waals surface area (Å²) in [5, 5.41) is 13.8. The van der Waals surface area contributed by atoms with Gasteiger partial charge in [-0.2, -0.15) is 0 Å². The molecule has 0 spiro atoms. The number of fused-ring (bicyclic) bond motifs is 1. The second kappa shape index (κ2) is 8.65. The summed E-state index contributed by atoms with van der Waals surface area (Å²) >= 11 is 12.0. The SMILES string of the molecule is Cc1ccc2c(c1)C(=O)N(C(C(=O)O)c1ccc(Cl)cc1)C(c1ccc(Cl)cc1)C(=O)N2. The lowest BCUT2D eigenvalue weighted by Crippen LogP contribution is -2.44. The molecule has 6 nitrogen and oxygen atoms in total. The third-order valence-electron chi connectivity index (χ3n) is 5.31. The predicted octanol–water partition coefficient (Wildman–Crippen LogP) is 5.26. The molecule has 1 aliphatic heterocycles. The molecule has 2 atom stereocenters. The van der Waals surface area contributed by atoms with Crippen LogP contribution >= 0.6 is 23.2 Å². The Kier molecular flexibility index (Phi) is 5.91.